The largest absolute Gasteiger partial charge is 0.466 e. The Morgan fingerprint density at radius 3 is 2.53 bits per heavy atom. The van der Waals surface area contributed by atoms with E-state index in [0.29, 0.717) is 18.9 Å². The maximum Gasteiger partial charge on any atom is 0.306 e. The molecule has 0 saturated carbocycles. The number of carbonyl (C=O) groups is 1. The predicted molar refractivity (Wildman–Crippen MR) is 63.7 cm³/mol. The van der Waals surface area contributed by atoms with Crippen LogP contribution >= 0.6 is 0 Å². The molecular formula is C13H24O2. The quantitative estimate of drug-likeness (QED) is 0.348. The number of unbranched alkanes of at least 4 members (excludes halogenated alkanes) is 2. The Morgan fingerprint density at radius 2 is 1.93 bits per heavy atom. The molecule has 0 spiro atoms. The van der Waals surface area contributed by atoms with Gasteiger partial charge >= 0.3 is 5.97 Å². The van der Waals surface area contributed by atoms with Gasteiger partial charge in [0.25, 0.3) is 0 Å². The minimum Gasteiger partial charge on any atom is -0.466 e. The van der Waals surface area contributed by atoms with Crippen LogP contribution in [0.15, 0.2) is 12.2 Å². The summed E-state index contributed by atoms with van der Waals surface area (Å²) in [5.41, 5.74) is 0. The monoisotopic (exact) mass is 212 g/mol. The zero-order valence-electron chi connectivity index (χ0n) is 10.3. The van der Waals surface area contributed by atoms with Crippen molar-refractivity contribution in [2.24, 2.45) is 5.92 Å². The fraction of sp³-hybridized carbons (Fsp3) is 0.769. The second-order valence-electron chi connectivity index (χ2n) is 4.22. The molecular weight excluding hydrogens is 188 g/mol. The molecule has 15 heavy (non-hydrogen) atoms. The molecule has 0 aromatic carbocycles. The van der Waals surface area contributed by atoms with Crippen molar-refractivity contribution in [3.8, 4) is 0 Å². The Kier molecular flexibility index (Phi) is 9.24. The van der Waals surface area contributed by atoms with Gasteiger partial charge in [0, 0.05) is 6.42 Å². The van der Waals surface area contributed by atoms with E-state index in [-0.39, 0.29) is 5.97 Å². The Bertz CT molecular complexity index is 183. The molecule has 0 aliphatic rings. The summed E-state index contributed by atoms with van der Waals surface area (Å²) >= 11 is 0. The van der Waals surface area contributed by atoms with Gasteiger partial charge in [0.2, 0.25) is 0 Å². The fourth-order valence-corrected chi connectivity index (χ4v) is 1.18. The van der Waals surface area contributed by atoms with Gasteiger partial charge in [-0.25, -0.2) is 0 Å². The summed E-state index contributed by atoms with van der Waals surface area (Å²) in [5, 5.41) is 0. The lowest BCUT2D eigenvalue weighted by atomic mass is 10.1. The van der Waals surface area contributed by atoms with Crippen LogP contribution in [-0.2, 0) is 9.53 Å². The third-order valence-electron chi connectivity index (χ3n) is 1.98. The molecule has 2 heteroatoms. The number of ether oxygens (including phenoxy) is 1. The average molecular weight is 212 g/mol. The van der Waals surface area contributed by atoms with Gasteiger partial charge in [-0.15, -0.1) is 0 Å². The molecule has 0 fully saturated rings. The highest BCUT2D eigenvalue weighted by Gasteiger charge is 2.04. The molecule has 0 aliphatic heterocycles. The van der Waals surface area contributed by atoms with Crippen molar-refractivity contribution in [3.05, 3.63) is 12.2 Å². The first-order valence-corrected chi connectivity index (χ1v) is 5.97. The van der Waals surface area contributed by atoms with Crippen molar-refractivity contribution in [2.45, 2.75) is 52.9 Å². The summed E-state index contributed by atoms with van der Waals surface area (Å²) in [6, 6.07) is 0. The van der Waals surface area contributed by atoms with E-state index >= 15 is 0 Å². The average Bonchev–Trinajstić information content (AvgIpc) is 2.15. The summed E-state index contributed by atoms with van der Waals surface area (Å²) in [5.74, 6) is 0.324. The Balaban J connectivity index is 3.27. The molecule has 0 atom stereocenters. The molecule has 0 amide bonds. The van der Waals surface area contributed by atoms with E-state index in [9.17, 15) is 4.79 Å². The van der Waals surface area contributed by atoms with Crippen molar-refractivity contribution in [2.75, 3.05) is 6.61 Å². The summed E-state index contributed by atoms with van der Waals surface area (Å²) in [6.07, 6.45) is 9.17. The molecule has 0 rings (SSSR count). The second kappa shape index (κ2) is 9.75. The lowest BCUT2D eigenvalue weighted by Gasteiger charge is -2.05. The number of carbonyl (C=O) groups excluding carboxylic acids is 1. The van der Waals surface area contributed by atoms with Gasteiger partial charge in [-0.2, -0.15) is 0 Å². The van der Waals surface area contributed by atoms with Crippen molar-refractivity contribution < 1.29 is 9.53 Å². The van der Waals surface area contributed by atoms with Crippen LogP contribution in [0, 0.1) is 5.92 Å². The van der Waals surface area contributed by atoms with E-state index in [1.165, 1.54) is 6.42 Å². The Morgan fingerprint density at radius 1 is 1.27 bits per heavy atom. The third-order valence-corrected chi connectivity index (χ3v) is 1.98. The summed E-state index contributed by atoms with van der Waals surface area (Å²) in [6.45, 7) is 6.77. The van der Waals surface area contributed by atoms with E-state index < -0.39 is 0 Å². The van der Waals surface area contributed by atoms with Gasteiger partial charge in [-0.05, 0) is 25.2 Å². The number of hydrogen-bond donors (Lipinski definition) is 0. The Hall–Kier alpha value is -0.790. The highest BCUT2D eigenvalue weighted by atomic mass is 16.5. The van der Waals surface area contributed by atoms with Crippen LogP contribution in [-0.4, -0.2) is 12.6 Å². The van der Waals surface area contributed by atoms with Crippen molar-refractivity contribution >= 4 is 5.97 Å². The number of rotatable bonds is 8. The van der Waals surface area contributed by atoms with E-state index in [2.05, 4.69) is 19.1 Å². The van der Waals surface area contributed by atoms with Crippen molar-refractivity contribution in [1.29, 1.82) is 0 Å². The molecule has 0 N–H and O–H groups in total. The Labute approximate surface area is 93.7 Å². The van der Waals surface area contributed by atoms with Crippen LogP contribution in [0.3, 0.4) is 0 Å². The third kappa shape index (κ3) is 11.1. The fourth-order valence-electron chi connectivity index (χ4n) is 1.18. The van der Waals surface area contributed by atoms with E-state index in [0.717, 1.165) is 19.3 Å². The highest BCUT2D eigenvalue weighted by Crippen LogP contribution is 2.02. The van der Waals surface area contributed by atoms with Crippen LogP contribution in [0.25, 0.3) is 0 Å². The van der Waals surface area contributed by atoms with Crippen LogP contribution in [0.4, 0.5) is 0 Å². The molecule has 0 heterocycles. The molecule has 0 unspecified atom stereocenters. The number of allylic oxidation sites excluding steroid dienone is 2. The smallest absolute Gasteiger partial charge is 0.306 e. The van der Waals surface area contributed by atoms with Crippen molar-refractivity contribution in [1.82, 2.24) is 0 Å². The lowest BCUT2D eigenvalue weighted by Crippen LogP contribution is -2.08. The highest BCUT2D eigenvalue weighted by molar-refractivity contribution is 5.69. The van der Waals surface area contributed by atoms with Gasteiger partial charge in [0.15, 0.2) is 0 Å². The summed E-state index contributed by atoms with van der Waals surface area (Å²) in [4.78, 5) is 11.1. The standard InChI is InChI=1S/C13H24O2/c1-4-5-6-7-8-9-10-15-13(14)11-12(2)3/h6-7,12H,4-5,8-11H2,1-3H3/b7-6+. The number of esters is 1. The van der Waals surface area contributed by atoms with Gasteiger partial charge in [0.1, 0.15) is 0 Å². The van der Waals surface area contributed by atoms with Crippen LogP contribution < -0.4 is 0 Å². The molecule has 0 bridgehead atoms. The van der Waals surface area contributed by atoms with E-state index in [4.69, 9.17) is 4.74 Å². The van der Waals surface area contributed by atoms with Gasteiger partial charge in [-0.1, -0.05) is 39.3 Å². The maximum absolute atomic E-state index is 11.1. The van der Waals surface area contributed by atoms with Gasteiger partial charge in [-0.3, -0.25) is 4.79 Å². The molecule has 2 nitrogen and oxygen atoms in total. The molecule has 0 aliphatic carbocycles. The topological polar surface area (TPSA) is 26.3 Å². The molecule has 0 aromatic rings. The van der Waals surface area contributed by atoms with Crippen molar-refractivity contribution in [3.63, 3.8) is 0 Å². The minimum atomic E-state index is -0.0671. The normalized spacial score (nSPS) is 11.2. The predicted octanol–water partition coefficient (Wildman–Crippen LogP) is 3.71. The van der Waals surface area contributed by atoms with E-state index in [1.807, 2.05) is 13.8 Å². The van der Waals surface area contributed by atoms with Crippen LogP contribution in [0.2, 0.25) is 0 Å². The maximum atomic E-state index is 11.1. The number of hydrogen-bond acceptors (Lipinski definition) is 2. The summed E-state index contributed by atoms with van der Waals surface area (Å²) < 4.78 is 5.09. The van der Waals surface area contributed by atoms with Crippen LogP contribution in [0.5, 0.6) is 0 Å². The van der Waals surface area contributed by atoms with Gasteiger partial charge in [0.05, 0.1) is 6.61 Å². The molecule has 0 radical (unpaired) electrons. The minimum absolute atomic E-state index is 0.0671. The molecule has 0 saturated heterocycles. The molecule has 88 valence electrons. The van der Waals surface area contributed by atoms with E-state index in [1.54, 1.807) is 0 Å². The zero-order chi connectivity index (χ0) is 11.5. The second-order valence-corrected chi connectivity index (χ2v) is 4.22. The molecule has 0 aromatic heterocycles. The van der Waals surface area contributed by atoms with Crippen LogP contribution in [0.1, 0.15) is 52.9 Å². The first kappa shape index (κ1) is 14.2. The first-order valence-electron chi connectivity index (χ1n) is 5.97. The van der Waals surface area contributed by atoms with Gasteiger partial charge < -0.3 is 4.74 Å². The SMILES string of the molecule is CCC/C=C/CCCOC(=O)CC(C)C. The lowest BCUT2D eigenvalue weighted by molar-refractivity contribution is -0.144. The first-order chi connectivity index (χ1) is 7.16. The summed E-state index contributed by atoms with van der Waals surface area (Å²) in [7, 11) is 0. The zero-order valence-corrected chi connectivity index (χ0v) is 10.3.